The normalized spacial score (nSPS) is 19.2. The summed E-state index contributed by atoms with van der Waals surface area (Å²) in [7, 11) is 3.60. The molecule has 3 rings (SSSR count). The molecular formula is C23H37N3O2. The lowest BCUT2D eigenvalue weighted by molar-refractivity contribution is 0.00103. The highest BCUT2D eigenvalue weighted by atomic mass is 16.5. The molecule has 2 fully saturated rings. The van der Waals surface area contributed by atoms with E-state index in [0.717, 1.165) is 63.1 Å². The van der Waals surface area contributed by atoms with Crippen LogP contribution >= 0.6 is 0 Å². The van der Waals surface area contributed by atoms with Gasteiger partial charge in [-0.15, -0.1) is 0 Å². The third kappa shape index (κ3) is 5.87. The third-order valence-corrected chi connectivity index (χ3v) is 6.16. The van der Waals surface area contributed by atoms with Crippen LogP contribution in [0, 0.1) is 12.8 Å². The van der Waals surface area contributed by atoms with Gasteiger partial charge in [-0.25, -0.2) is 0 Å². The van der Waals surface area contributed by atoms with E-state index in [0.29, 0.717) is 6.10 Å². The molecule has 1 aromatic carbocycles. The molecule has 1 aliphatic heterocycles. The zero-order valence-electron chi connectivity index (χ0n) is 17.9. The maximum atomic E-state index is 6.20. The summed E-state index contributed by atoms with van der Waals surface area (Å²) in [5, 5.41) is 3.53. The van der Waals surface area contributed by atoms with E-state index in [1.54, 1.807) is 7.11 Å². The largest absolute Gasteiger partial charge is 0.496 e. The van der Waals surface area contributed by atoms with Gasteiger partial charge >= 0.3 is 0 Å². The van der Waals surface area contributed by atoms with Crippen molar-refractivity contribution in [2.75, 3.05) is 40.4 Å². The molecule has 0 atom stereocenters. The highest BCUT2D eigenvalue weighted by Crippen LogP contribution is 2.26. The van der Waals surface area contributed by atoms with Crippen molar-refractivity contribution >= 4 is 5.96 Å². The van der Waals surface area contributed by atoms with Gasteiger partial charge in [0.05, 0.1) is 13.2 Å². The lowest BCUT2D eigenvalue weighted by Gasteiger charge is -2.34. The lowest BCUT2D eigenvalue weighted by Crippen LogP contribution is -2.47. The Morgan fingerprint density at radius 2 is 1.93 bits per heavy atom. The van der Waals surface area contributed by atoms with E-state index in [-0.39, 0.29) is 0 Å². The predicted molar refractivity (Wildman–Crippen MR) is 115 cm³/mol. The van der Waals surface area contributed by atoms with Crippen LogP contribution in [0.15, 0.2) is 23.2 Å². The van der Waals surface area contributed by atoms with Gasteiger partial charge in [0.15, 0.2) is 5.96 Å². The van der Waals surface area contributed by atoms with Crippen molar-refractivity contribution in [3.63, 3.8) is 0 Å². The Labute approximate surface area is 170 Å². The Kier molecular flexibility index (Phi) is 8.01. The van der Waals surface area contributed by atoms with Gasteiger partial charge in [-0.2, -0.15) is 0 Å². The number of likely N-dealkylation sites (tertiary alicyclic amines) is 1. The Balaban J connectivity index is 1.38. The Morgan fingerprint density at radius 1 is 1.18 bits per heavy atom. The minimum atomic E-state index is 0.426. The van der Waals surface area contributed by atoms with E-state index in [9.17, 15) is 0 Å². The molecule has 28 heavy (non-hydrogen) atoms. The fourth-order valence-corrected chi connectivity index (χ4v) is 4.35. The van der Waals surface area contributed by atoms with Crippen LogP contribution in [0.3, 0.4) is 0 Å². The van der Waals surface area contributed by atoms with Crippen LogP contribution in [-0.2, 0) is 11.2 Å². The van der Waals surface area contributed by atoms with Crippen molar-refractivity contribution in [2.45, 2.75) is 58.0 Å². The molecule has 0 amide bonds. The van der Waals surface area contributed by atoms with Crippen molar-refractivity contribution in [1.29, 1.82) is 0 Å². The molecule has 0 aromatic heterocycles. The molecule has 2 aliphatic rings. The quantitative estimate of drug-likeness (QED) is 0.571. The number of methoxy groups -OCH3 is 1. The van der Waals surface area contributed by atoms with E-state index < -0.39 is 0 Å². The van der Waals surface area contributed by atoms with E-state index in [4.69, 9.17) is 9.47 Å². The van der Waals surface area contributed by atoms with Crippen LogP contribution in [-0.4, -0.2) is 57.4 Å². The maximum absolute atomic E-state index is 6.20. The van der Waals surface area contributed by atoms with Crippen LogP contribution in [0.2, 0.25) is 0 Å². The highest BCUT2D eigenvalue weighted by molar-refractivity contribution is 5.80. The van der Waals surface area contributed by atoms with Gasteiger partial charge in [0.1, 0.15) is 5.75 Å². The molecule has 0 bridgehead atoms. The molecule has 1 heterocycles. The first-order chi connectivity index (χ1) is 13.7. The molecule has 5 nitrogen and oxygen atoms in total. The van der Waals surface area contributed by atoms with Crippen LogP contribution in [0.25, 0.3) is 0 Å². The standard InChI is InChI=1S/C23H37N3O2/c1-18-8-9-19(16-22(18)27-3)10-13-25-23(24-2)26-14-11-21(12-15-26)28-17-20-6-4-5-7-20/h8-9,16,20-21H,4-7,10-15,17H2,1-3H3,(H,24,25). The predicted octanol–water partition coefficient (Wildman–Crippen LogP) is 3.79. The fraction of sp³-hybridized carbons (Fsp3) is 0.696. The van der Waals surface area contributed by atoms with Crippen molar-refractivity contribution in [3.05, 3.63) is 29.3 Å². The molecule has 5 heteroatoms. The second kappa shape index (κ2) is 10.7. The first-order valence-electron chi connectivity index (χ1n) is 10.9. The van der Waals surface area contributed by atoms with Crippen molar-refractivity contribution in [2.24, 2.45) is 10.9 Å². The number of nitrogens with zero attached hydrogens (tertiary/aromatic N) is 2. The number of hydrogen-bond acceptors (Lipinski definition) is 3. The van der Waals surface area contributed by atoms with Gasteiger partial charge in [-0.05, 0) is 62.1 Å². The van der Waals surface area contributed by atoms with Gasteiger partial charge in [-0.3, -0.25) is 4.99 Å². The molecule has 1 saturated heterocycles. The van der Waals surface area contributed by atoms with Crippen molar-refractivity contribution < 1.29 is 9.47 Å². The second-order valence-corrected chi connectivity index (χ2v) is 8.20. The third-order valence-electron chi connectivity index (χ3n) is 6.16. The van der Waals surface area contributed by atoms with Gasteiger partial charge < -0.3 is 19.7 Å². The van der Waals surface area contributed by atoms with Crippen LogP contribution in [0.5, 0.6) is 5.75 Å². The fourth-order valence-electron chi connectivity index (χ4n) is 4.35. The number of guanidine groups is 1. The summed E-state index contributed by atoms with van der Waals surface area (Å²) < 4.78 is 11.6. The van der Waals surface area contributed by atoms with Gasteiger partial charge in [0.25, 0.3) is 0 Å². The van der Waals surface area contributed by atoms with E-state index >= 15 is 0 Å². The number of hydrogen-bond donors (Lipinski definition) is 1. The minimum Gasteiger partial charge on any atom is -0.496 e. The number of ether oxygens (including phenoxy) is 2. The van der Waals surface area contributed by atoms with E-state index in [1.807, 2.05) is 7.05 Å². The lowest BCUT2D eigenvalue weighted by atomic mass is 10.1. The number of piperidine rings is 1. The number of aliphatic imine (C=N–C) groups is 1. The smallest absolute Gasteiger partial charge is 0.193 e. The molecule has 0 unspecified atom stereocenters. The summed E-state index contributed by atoms with van der Waals surface area (Å²) in [6.45, 7) is 5.96. The summed E-state index contributed by atoms with van der Waals surface area (Å²) in [6, 6.07) is 6.43. The second-order valence-electron chi connectivity index (χ2n) is 8.20. The number of aryl methyl sites for hydroxylation is 1. The molecule has 1 aromatic rings. The van der Waals surface area contributed by atoms with Crippen molar-refractivity contribution in [3.8, 4) is 5.75 Å². The highest BCUT2D eigenvalue weighted by Gasteiger charge is 2.23. The van der Waals surface area contributed by atoms with E-state index in [2.05, 4.69) is 40.3 Å². The zero-order chi connectivity index (χ0) is 19.8. The van der Waals surface area contributed by atoms with Gasteiger partial charge in [0, 0.05) is 33.3 Å². The minimum absolute atomic E-state index is 0.426. The Hall–Kier alpha value is -1.75. The molecular weight excluding hydrogens is 350 g/mol. The summed E-state index contributed by atoms with van der Waals surface area (Å²) in [5.74, 6) is 2.78. The Morgan fingerprint density at radius 3 is 2.61 bits per heavy atom. The van der Waals surface area contributed by atoms with Crippen molar-refractivity contribution in [1.82, 2.24) is 10.2 Å². The molecule has 1 aliphatic carbocycles. The zero-order valence-corrected chi connectivity index (χ0v) is 17.9. The molecule has 0 radical (unpaired) electrons. The topological polar surface area (TPSA) is 46.1 Å². The molecule has 156 valence electrons. The monoisotopic (exact) mass is 387 g/mol. The first-order valence-corrected chi connectivity index (χ1v) is 10.9. The molecule has 0 spiro atoms. The van der Waals surface area contributed by atoms with Crippen LogP contribution in [0.1, 0.15) is 49.7 Å². The van der Waals surface area contributed by atoms with E-state index in [1.165, 1.54) is 36.8 Å². The number of nitrogens with one attached hydrogen (secondary N) is 1. The molecule has 1 saturated carbocycles. The SMILES string of the molecule is CN=C(NCCc1ccc(C)c(OC)c1)N1CCC(OCC2CCCC2)CC1. The van der Waals surface area contributed by atoms with Crippen LogP contribution in [0.4, 0.5) is 0 Å². The molecule has 1 N–H and O–H groups in total. The first kappa shape index (κ1) is 21.0. The van der Waals surface area contributed by atoms with Gasteiger partial charge in [0.2, 0.25) is 0 Å². The summed E-state index contributed by atoms with van der Waals surface area (Å²) in [6.07, 6.45) is 9.09. The average Bonchev–Trinajstić information content (AvgIpc) is 3.25. The summed E-state index contributed by atoms with van der Waals surface area (Å²) in [5.41, 5.74) is 2.46. The summed E-state index contributed by atoms with van der Waals surface area (Å²) >= 11 is 0. The average molecular weight is 388 g/mol. The maximum Gasteiger partial charge on any atom is 0.193 e. The number of rotatable bonds is 7. The van der Waals surface area contributed by atoms with Crippen LogP contribution < -0.4 is 10.1 Å². The Bertz CT molecular complexity index is 633. The summed E-state index contributed by atoms with van der Waals surface area (Å²) in [4.78, 5) is 6.86. The van der Waals surface area contributed by atoms with Gasteiger partial charge in [-0.1, -0.05) is 25.0 Å². The number of benzene rings is 1.